The molecule has 1 heterocycles. The molecule has 0 unspecified atom stereocenters. The Hall–Kier alpha value is -2.82. The fraction of sp³-hybridized carbons (Fsp3) is 0.300. The van der Waals surface area contributed by atoms with Crippen LogP contribution in [0.5, 0.6) is 5.75 Å². The minimum Gasteiger partial charge on any atom is -0.489 e. The second kappa shape index (κ2) is 10.9. The maximum absolute atomic E-state index is 5.68. The zero-order valence-electron chi connectivity index (χ0n) is 14.7. The normalized spacial score (nSPS) is 11.0. The van der Waals surface area contributed by atoms with Crippen LogP contribution in [0.15, 0.2) is 66.3 Å². The highest BCUT2D eigenvalue weighted by atomic mass is 16.5. The van der Waals surface area contributed by atoms with Gasteiger partial charge >= 0.3 is 0 Å². The first-order valence-corrected chi connectivity index (χ1v) is 8.57. The molecule has 0 bridgehead atoms. The molecule has 0 atom stereocenters. The van der Waals surface area contributed by atoms with Crippen LogP contribution in [0.1, 0.15) is 18.2 Å². The fourth-order valence-corrected chi connectivity index (χ4v) is 2.28. The molecule has 0 saturated heterocycles. The Kier molecular flexibility index (Phi) is 8.05. The van der Waals surface area contributed by atoms with Gasteiger partial charge in [0.15, 0.2) is 5.96 Å². The maximum atomic E-state index is 5.68. The Bertz CT molecular complexity index is 670. The lowest BCUT2D eigenvalue weighted by Gasteiger charge is -2.12. The molecule has 5 heteroatoms. The van der Waals surface area contributed by atoms with E-state index in [-0.39, 0.29) is 0 Å². The fourth-order valence-electron chi connectivity index (χ4n) is 2.28. The van der Waals surface area contributed by atoms with Gasteiger partial charge in [0.05, 0.1) is 6.54 Å². The number of hydrogen-bond acceptors (Lipinski definition) is 3. The van der Waals surface area contributed by atoms with E-state index in [2.05, 4.69) is 34.1 Å². The topological polar surface area (TPSA) is 58.5 Å². The van der Waals surface area contributed by atoms with E-state index in [1.807, 2.05) is 48.7 Å². The lowest BCUT2D eigenvalue weighted by Crippen LogP contribution is -2.38. The summed E-state index contributed by atoms with van der Waals surface area (Å²) in [4.78, 5) is 8.98. The van der Waals surface area contributed by atoms with Crippen molar-refractivity contribution in [3.63, 3.8) is 0 Å². The number of pyridine rings is 1. The van der Waals surface area contributed by atoms with Crippen molar-refractivity contribution in [2.75, 3.05) is 19.7 Å². The molecule has 2 aromatic rings. The molecule has 0 aliphatic carbocycles. The predicted molar refractivity (Wildman–Crippen MR) is 103 cm³/mol. The Morgan fingerprint density at radius 2 is 2.04 bits per heavy atom. The lowest BCUT2D eigenvalue weighted by atomic mass is 10.2. The van der Waals surface area contributed by atoms with Crippen molar-refractivity contribution >= 4 is 5.96 Å². The molecule has 2 N–H and O–H groups in total. The van der Waals surface area contributed by atoms with Gasteiger partial charge in [0.1, 0.15) is 12.4 Å². The van der Waals surface area contributed by atoms with Gasteiger partial charge in [0, 0.05) is 37.0 Å². The number of aliphatic imine (C=N–C) groups is 1. The van der Waals surface area contributed by atoms with Gasteiger partial charge in [-0.2, -0.15) is 0 Å². The summed E-state index contributed by atoms with van der Waals surface area (Å²) < 4.78 is 5.68. The molecule has 0 fully saturated rings. The zero-order chi connectivity index (χ0) is 17.7. The van der Waals surface area contributed by atoms with Gasteiger partial charge in [-0.25, -0.2) is 4.99 Å². The van der Waals surface area contributed by atoms with Crippen LogP contribution >= 0.6 is 0 Å². The number of rotatable bonds is 9. The highest BCUT2D eigenvalue weighted by Gasteiger charge is 2.03. The van der Waals surface area contributed by atoms with Crippen molar-refractivity contribution in [2.45, 2.75) is 19.9 Å². The van der Waals surface area contributed by atoms with Crippen LogP contribution in [-0.2, 0) is 13.0 Å². The first kappa shape index (κ1) is 18.5. The van der Waals surface area contributed by atoms with Crippen LogP contribution in [0, 0.1) is 0 Å². The number of hydrogen-bond donors (Lipinski definition) is 2. The molecule has 1 aromatic heterocycles. The van der Waals surface area contributed by atoms with Crippen LogP contribution in [0.3, 0.4) is 0 Å². The second-order valence-electron chi connectivity index (χ2n) is 5.40. The molecule has 0 aliphatic heterocycles. The third-order valence-corrected chi connectivity index (χ3v) is 3.48. The van der Waals surface area contributed by atoms with Crippen molar-refractivity contribution < 1.29 is 4.74 Å². The molecule has 5 nitrogen and oxygen atoms in total. The number of aromatic nitrogens is 1. The Balaban J connectivity index is 1.93. The SMILES string of the molecule is C=CCOc1ccccc1CN=C(NCC)NCCc1ccccn1. The Morgan fingerprint density at radius 3 is 2.80 bits per heavy atom. The molecule has 25 heavy (non-hydrogen) atoms. The minimum absolute atomic E-state index is 0.489. The van der Waals surface area contributed by atoms with Gasteiger partial charge in [-0.3, -0.25) is 4.98 Å². The van der Waals surface area contributed by atoms with E-state index in [1.54, 1.807) is 6.08 Å². The van der Waals surface area contributed by atoms with Crippen molar-refractivity contribution in [2.24, 2.45) is 4.99 Å². The monoisotopic (exact) mass is 338 g/mol. The number of nitrogens with one attached hydrogen (secondary N) is 2. The van der Waals surface area contributed by atoms with Crippen molar-refractivity contribution in [1.29, 1.82) is 0 Å². The summed E-state index contributed by atoms with van der Waals surface area (Å²) in [6, 6.07) is 13.9. The Labute approximate surface area is 149 Å². The smallest absolute Gasteiger partial charge is 0.191 e. The van der Waals surface area contributed by atoms with Crippen LogP contribution in [0.2, 0.25) is 0 Å². The first-order valence-electron chi connectivity index (χ1n) is 8.57. The van der Waals surface area contributed by atoms with E-state index in [4.69, 9.17) is 4.74 Å². The van der Waals surface area contributed by atoms with Gasteiger partial charge in [-0.1, -0.05) is 36.9 Å². The summed E-state index contributed by atoms with van der Waals surface area (Å²) in [6.45, 7) is 8.36. The number of para-hydroxylation sites is 1. The van der Waals surface area contributed by atoms with E-state index in [1.165, 1.54) is 0 Å². The van der Waals surface area contributed by atoms with E-state index < -0.39 is 0 Å². The summed E-state index contributed by atoms with van der Waals surface area (Å²) in [7, 11) is 0. The molecular weight excluding hydrogens is 312 g/mol. The molecule has 0 amide bonds. The summed E-state index contributed by atoms with van der Waals surface area (Å²) >= 11 is 0. The van der Waals surface area contributed by atoms with Gasteiger partial charge in [-0.05, 0) is 25.1 Å². The van der Waals surface area contributed by atoms with Crippen LogP contribution < -0.4 is 15.4 Å². The first-order chi connectivity index (χ1) is 12.3. The largest absolute Gasteiger partial charge is 0.489 e. The minimum atomic E-state index is 0.489. The lowest BCUT2D eigenvalue weighted by molar-refractivity contribution is 0.359. The van der Waals surface area contributed by atoms with E-state index in [0.29, 0.717) is 13.2 Å². The van der Waals surface area contributed by atoms with Crippen LogP contribution in [-0.4, -0.2) is 30.6 Å². The van der Waals surface area contributed by atoms with Gasteiger partial charge in [-0.15, -0.1) is 0 Å². The van der Waals surface area contributed by atoms with Gasteiger partial charge in [0.25, 0.3) is 0 Å². The van der Waals surface area contributed by atoms with Gasteiger partial charge in [0.2, 0.25) is 0 Å². The van der Waals surface area contributed by atoms with Crippen molar-refractivity contribution in [3.8, 4) is 5.75 Å². The molecular formula is C20H26N4O. The number of benzene rings is 1. The summed E-state index contributed by atoms with van der Waals surface area (Å²) in [5.41, 5.74) is 2.11. The second-order valence-corrected chi connectivity index (χ2v) is 5.40. The van der Waals surface area contributed by atoms with Crippen molar-refractivity contribution in [1.82, 2.24) is 15.6 Å². The maximum Gasteiger partial charge on any atom is 0.191 e. The highest BCUT2D eigenvalue weighted by Crippen LogP contribution is 2.18. The molecule has 0 saturated carbocycles. The standard InChI is InChI=1S/C20H26N4O/c1-3-15-25-19-11-6-5-9-17(19)16-24-20(21-4-2)23-14-12-18-10-7-8-13-22-18/h3,5-11,13H,1,4,12,14-16H2,2H3,(H2,21,23,24). The van der Waals surface area contributed by atoms with Gasteiger partial charge < -0.3 is 15.4 Å². The number of ether oxygens (including phenoxy) is 1. The quantitative estimate of drug-likeness (QED) is 0.419. The summed E-state index contributed by atoms with van der Waals surface area (Å²) in [5, 5.41) is 6.61. The van der Waals surface area contributed by atoms with E-state index >= 15 is 0 Å². The average Bonchev–Trinajstić information content (AvgIpc) is 2.66. The summed E-state index contributed by atoms with van der Waals surface area (Å²) in [5.74, 6) is 1.63. The number of guanidine groups is 1. The highest BCUT2D eigenvalue weighted by molar-refractivity contribution is 5.79. The molecule has 0 aliphatic rings. The molecule has 1 aromatic carbocycles. The molecule has 0 radical (unpaired) electrons. The molecule has 2 rings (SSSR count). The predicted octanol–water partition coefficient (Wildman–Crippen LogP) is 2.94. The molecule has 0 spiro atoms. The molecule has 132 valence electrons. The average molecular weight is 338 g/mol. The van der Waals surface area contributed by atoms with E-state index in [0.717, 1.165) is 42.5 Å². The zero-order valence-corrected chi connectivity index (χ0v) is 14.7. The summed E-state index contributed by atoms with van der Waals surface area (Å²) in [6.07, 6.45) is 4.41. The third kappa shape index (κ3) is 6.67. The van der Waals surface area contributed by atoms with Crippen molar-refractivity contribution in [3.05, 3.63) is 72.6 Å². The van der Waals surface area contributed by atoms with E-state index in [9.17, 15) is 0 Å². The number of nitrogens with zero attached hydrogens (tertiary/aromatic N) is 2. The Morgan fingerprint density at radius 1 is 1.20 bits per heavy atom. The van der Waals surface area contributed by atoms with Crippen LogP contribution in [0.4, 0.5) is 0 Å². The van der Waals surface area contributed by atoms with Crippen LogP contribution in [0.25, 0.3) is 0 Å². The third-order valence-electron chi connectivity index (χ3n) is 3.48.